The number of amides is 1. The first-order valence-corrected chi connectivity index (χ1v) is 14.2. The minimum Gasteiger partial charge on any atom is -0.339 e. The summed E-state index contributed by atoms with van der Waals surface area (Å²) < 4.78 is 15.6. The lowest BCUT2D eigenvalue weighted by Crippen LogP contribution is -2.57. The molecule has 1 aliphatic carbocycles. The van der Waals surface area contributed by atoms with Crippen LogP contribution in [-0.4, -0.2) is 69.6 Å². The monoisotopic (exact) mass is 539 g/mol. The van der Waals surface area contributed by atoms with Gasteiger partial charge in [-0.2, -0.15) is 0 Å². The maximum absolute atomic E-state index is 14.2. The third kappa shape index (κ3) is 4.15. The number of piperidine rings is 1. The smallest absolute Gasteiger partial charge is 0.250 e. The van der Waals surface area contributed by atoms with Gasteiger partial charge in [0.25, 0.3) is 0 Å². The number of hydrogen-bond acceptors (Lipinski definition) is 6. The molecule has 8 nitrogen and oxygen atoms in total. The summed E-state index contributed by atoms with van der Waals surface area (Å²) in [7, 11) is 1.88. The minimum atomic E-state index is -0.633. The summed E-state index contributed by atoms with van der Waals surface area (Å²) in [6, 6.07) is 20.2. The molecule has 40 heavy (non-hydrogen) atoms. The molecule has 0 radical (unpaired) electrons. The Bertz CT molecular complexity index is 1540. The van der Waals surface area contributed by atoms with Gasteiger partial charge in [0.1, 0.15) is 11.4 Å². The highest BCUT2D eigenvalue weighted by Crippen LogP contribution is 2.45. The summed E-state index contributed by atoms with van der Waals surface area (Å²) in [6.07, 6.45) is 4.40. The summed E-state index contributed by atoms with van der Waals surface area (Å²) in [5.41, 5.74) is 3.95. The molecule has 1 N–H and O–H groups in total. The molecule has 3 aliphatic rings. The van der Waals surface area contributed by atoms with Crippen molar-refractivity contribution in [1.29, 1.82) is 0 Å². The zero-order chi connectivity index (χ0) is 27.3. The Balaban J connectivity index is 1.12. The van der Waals surface area contributed by atoms with Crippen LogP contribution < -0.4 is 10.2 Å². The Morgan fingerprint density at radius 3 is 2.58 bits per heavy atom. The van der Waals surface area contributed by atoms with Gasteiger partial charge in [0.05, 0.1) is 18.9 Å². The number of hydrogen-bond donors (Lipinski definition) is 1. The van der Waals surface area contributed by atoms with Crippen LogP contribution in [0, 0.1) is 5.82 Å². The van der Waals surface area contributed by atoms with E-state index in [4.69, 9.17) is 0 Å². The van der Waals surface area contributed by atoms with Crippen LogP contribution in [0.4, 0.5) is 10.1 Å². The van der Waals surface area contributed by atoms with Gasteiger partial charge < -0.3 is 15.1 Å². The van der Waals surface area contributed by atoms with E-state index in [9.17, 15) is 9.18 Å². The van der Waals surface area contributed by atoms with Crippen LogP contribution in [0.1, 0.15) is 35.7 Å². The molecule has 2 aliphatic heterocycles. The normalized spacial score (nSPS) is 20.4. The molecule has 1 atom stereocenters. The van der Waals surface area contributed by atoms with Crippen LogP contribution in [0.5, 0.6) is 0 Å². The van der Waals surface area contributed by atoms with Crippen LogP contribution in [0.2, 0.25) is 0 Å². The second kappa shape index (κ2) is 9.98. The molecular formula is C31H34FN7O. The van der Waals surface area contributed by atoms with Crippen molar-refractivity contribution in [2.75, 3.05) is 38.3 Å². The predicted molar refractivity (Wildman–Crippen MR) is 152 cm³/mol. The van der Waals surface area contributed by atoms with Crippen LogP contribution in [0.15, 0.2) is 66.9 Å². The van der Waals surface area contributed by atoms with E-state index in [2.05, 4.69) is 61.8 Å². The summed E-state index contributed by atoms with van der Waals surface area (Å²) in [4.78, 5) is 20.9. The molecule has 7 rings (SSSR count). The molecule has 3 aromatic carbocycles. The number of nitrogens with one attached hydrogen (secondary N) is 1. The van der Waals surface area contributed by atoms with E-state index in [0.29, 0.717) is 32.3 Å². The van der Waals surface area contributed by atoms with Gasteiger partial charge >= 0.3 is 0 Å². The number of halogens is 1. The molecule has 2 saturated heterocycles. The van der Waals surface area contributed by atoms with Crippen molar-refractivity contribution in [3.8, 4) is 0 Å². The standard InChI is InChI=1S/C31H34FN7O/c1-33-19-25-20-38(35-34-25)17-16-37-21-39(26-10-8-24(32)9-11-26)31(30(37)40)12-14-36(15-13-31)28-18-23-6-2-4-22-5-3-7-27(28)29(22)23/h2-11,20,28,33H,12-19,21H2,1H3. The number of carbonyl (C=O) groups excluding carboxylic acids is 1. The van der Waals surface area contributed by atoms with E-state index in [0.717, 1.165) is 43.7 Å². The number of benzene rings is 3. The van der Waals surface area contributed by atoms with Crippen LogP contribution in [0.25, 0.3) is 10.8 Å². The SMILES string of the molecule is CNCc1cn(CCN2CN(c3ccc(F)cc3)C3(CCN(C4Cc5cccc6cccc4c56)CC3)C2=O)nn1. The molecular weight excluding hydrogens is 505 g/mol. The minimum absolute atomic E-state index is 0.156. The maximum Gasteiger partial charge on any atom is 0.250 e. The summed E-state index contributed by atoms with van der Waals surface area (Å²) in [5, 5.41) is 14.2. The molecule has 206 valence electrons. The summed E-state index contributed by atoms with van der Waals surface area (Å²) in [6.45, 7) is 3.93. The predicted octanol–water partition coefficient (Wildman–Crippen LogP) is 3.73. The lowest BCUT2D eigenvalue weighted by molar-refractivity contribution is -0.134. The van der Waals surface area contributed by atoms with Gasteiger partial charge in [-0.25, -0.2) is 4.39 Å². The Hall–Kier alpha value is -3.82. The van der Waals surface area contributed by atoms with Gasteiger partial charge in [0.2, 0.25) is 5.91 Å². The topological polar surface area (TPSA) is 69.5 Å². The van der Waals surface area contributed by atoms with Gasteiger partial charge in [-0.05, 0) is 72.5 Å². The number of aromatic nitrogens is 3. The number of carbonyl (C=O) groups is 1. The summed E-state index contributed by atoms with van der Waals surface area (Å²) >= 11 is 0. The average molecular weight is 540 g/mol. The van der Waals surface area contributed by atoms with E-state index in [1.165, 1.54) is 34.0 Å². The van der Waals surface area contributed by atoms with Crippen molar-refractivity contribution in [1.82, 2.24) is 30.1 Å². The van der Waals surface area contributed by atoms with Crippen molar-refractivity contribution in [2.24, 2.45) is 0 Å². The summed E-state index contributed by atoms with van der Waals surface area (Å²) in [5.74, 6) is -0.114. The Labute approximate surface area is 233 Å². The third-order valence-corrected chi connectivity index (χ3v) is 9.06. The highest BCUT2D eigenvalue weighted by Gasteiger charge is 2.54. The van der Waals surface area contributed by atoms with Crippen molar-refractivity contribution in [2.45, 2.75) is 43.9 Å². The molecule has 2 fully saturated rings. The highest BCUT2D eigenvalue weighted by molar-refractivity contribution is 5.94. The first-order chi connectivity index (χ1) is 19.6. The van der Waals surface area contributed by atoms with Crippen molar-refractivity contribution in [3.05, 3.63) is 89.5 Å². The second-order valence-corrected chi connectivity index (χ2v) is 11.3. The molecule has 1 spiro atoms. The molecule has 3 heterocycles. The molecule has 0 saturated carbocycles. The maximum atomic E-state index is 14.2. The van der Waals surface area contributed by atoms with Gasteiger partial charge in [0, 0.05) is 44.1 Å². The van der Waals surface area contributed by atoms with Crippen LogP contribution >= 0.6 is 0 Å². The van der Waals surface area contributed by atoms with Crippen LogP contribution in [0.3, 0.4) is 0 Å². The second-order valence-electron chi connectivity index (χ2n) is 11.3. The Kier molecular flexibility index (Phi) is 6.28. The molecule has 1 amide bonds. The quantitative estimate of drug-likeness (QED) is 0.386. The Morgan fingerprint density at radius 1 is 1.02 bits per heavy atom. The van der Waals surface area contributed by atoms with Gasteiger partial charge in [0.15, 0.2) is 0 Å². The first-order valence-electron chi connectivity index (χ1n) is 14.2. The fraction of sp³-hybridized carbons (Fsp3) is 0.387. The molecule has 4 aromatic rings. The molecule has 9 heteroatoms. The fourth-order valence-corrected chi connectivity index (χ4v) is 7.07. The van der Waals surface area contributed by atoms with Crippen LogP contribution in [-0.2, 0) is 24.3 Å². The molecule has 1 aromatic heterocycles. The number of likely N-dealkylation sites (tertiary alicyclic amines) is 1. The van der Waals surface area contributed by atoms with E-state index >= 15 is 0 Å². The highest BCUT2D eigenvalue weighted by atomic mass is 19.1. The van der Waals surface area contributed by atoms with Gasteiger partial charge in [-0.15, -0.1) is 5.10 Å². The van der Waals surface area contributed by atoms with Crippen molar-refractivity contribution >= 4 is 22.4 Å². The average Bonchev–Trinajstić information content (AvgIpc) is 3.66. The van der Waals surface area contributed by atoms with E-state index < -0.39 is 5.54 Å². The van der Waals surface area contributed by atoms with E-state index in [1.54, 1.807) is 16.8 Å². The third-order valence-electron chi connectivity index (χ3n) is 9.06. The largest absolute Gasteiger partial charge is 0.339 e. The fourth-order valence-electron chi connectivity index (χ4n) is 7.07. The lowest BCUT2D eigenvalue weighted by atomic mass is 9.84. The number of rotatable bonds is 7. The van der Waals surface area contributed by atoms with E-state index in [-0.39, 0.29) is 11.7 Å². The zero-order valence-corrected chi connectivity index (χ0v) is 22.8. The zero-order valence-electron chi connectivity index (χ0n) is 22.8. The first kappa shape index (κ1) is 25.2. The van der Waals surface area contributed by atoms with Crippen molar-refractivity contribution < 1.29 is 9.18 Å². The molecule has 0 bridgehead atoms. The van der Waals surface area contributed by atoms with Gasteiger partial charge in [-0.1, -0.05) is 41.6 Å². The number of nitrogens with zero attached hydrogens (tertiary/aromatic N) is 6. The Morgan fingerprint density at radius 2 is 1.80 bits per heavy atom. The lowest BCUT2D eigenvalue weighted by Gasteiger charge is -2.45. The van der Waals surface area contributed by atoms with Crippen molar-refractivity contribution in [3.63, 3.8) is 0 Å². The van der Waals surface area contributed by atoms with Gasteiger partial charge in [-0.3, -0.25) is 14.4 Å². The van der Waals surface area contributed by atoms with E-state index in [1.807, 2.05) is 18.1 Å². The molecule has 1 unspecified atom stereocenters. The number of anilines is 1.